The van der Waals surface area contributed by atoms with Crippen LogP contribution in [0, 0.1) is 0 Å². The van der Waals surface area contributed by atoms with E-state index in [1.165, 1.54) is 4.90 Å². The number of benzene rings is 1. The first-order valence-corrected chi connectivity index (χ1v) is 6.41. The Hall–Kier alpha value is -1.85. The molecule has 0 spiro atoms. The van der Waals surface area contributed by atoms with Crippen molar-refractivity contribution < 1.29 is 4.79 Å². The summed E-state index contributed by atoms with van der Waals surface area (Å²) in [5.74, 6) is 5.65. The molecule has 18 heavy (non-hydrogen) atoms. The standard InChI is InChI=1S/C13H13N3OS/c14-16-13(17)11-3-1-10(2-4-11)9-18-12-5-7-15-8-6-12/h1-8H,9,14H2,(H,16,17). The lowest BCUT2D eigenvalue weighted by Gasteiger charge is -2.03. The number of nitrogen functional groups attached to an aromatic ring is 1. The molecule has 0 atom stereocenters. The van der Waals surface area contributed by atoms with Crippen LogP contribution in [0.2, 0.25) is 0 Å². The summed E-state index contributed by atoms with van der Waals surface area (Å²) in [6, 6.07) is 11.3. The van der Waals surface area contributed by atoms with Crippen molar-refractivity contribution in [1.29, 1.82) is 0 Å². The molecule has 0 fully saturated rings. The quantitative estimate of drug-likeness (QED) is 0.381. The van der Waals surface area contributed by atoms with Gasteiger partial charge in [-0.2, -0.15) is 0 Å². The molecule has 0 unspecified atom stereocenters. The third kappa shape index (κ3) is 3.32. The molecule has 2 rings (SSSR count). The number of nitrogens with zero attached hydrogens (tertiary/aromatic N) is 1. The van der Waals surface area contributed by atoms with E-state index in [0.29, 0.717) is 5.56 Å². The molecule has 0 aliphatic rings. The van der Waals surface area contributed by atoms with Gasteiger partial charge in [-0.1, -0.05) is 12.1 Å². The zero-order valence-corrected chi connectivity index (χ0v) is 10.5. The third-order valence-corrected chi connectivity index (χ3v) is 3.49. The molecule has 4 nitrogen and oxygen atoms in total. The van der Waals surface area contributed by atoms with Crippen molar-refractivity contribution in [2.75, 3.05) is 0 Å². The Bertz CT molecular complexity index is 514. The van der Waals surface area contributed by atoms with E-state index in [2.05, 4.69) is 10.4 Å². The second-order valence-corrected chi connectivity index (χ2v) is 4.69. The minimum absolute atomic E-state index is 0.275. The normalized spacial score (nSPS) is 10.1. The van der Waals surface area contributed by atoms with Crippen LogP contribution in [0.4, 0.5) is 0 Å². The van der Waals surface area contributed by atoms with Crippen LogP contribution in [-0.4, -0.2) is 10.9 Å². The molecule has 3 N–H and O–H groups in total. The first-order chi connectivity index (χ1) is 8.79. The van der Waals surface area contributed by atoms with Crippen LogP contribution in [0.15, 0.2) is 53.7 Å². The van der Waals surface area contributed by atoms with E-state index < -0.39 is 0 Å². The zero-order chi connectivity index (χ0) is 12.8. The van der Waals surface area contributed by atoms with Gasteiger partial charge in [0, 0.05) is 28.6 Å². The Balaban J connectivity index is 1.97. The summed E-state index contributed by atoms with van der Waals surface area (Å²) in [6.45, 7) is 0. The second kappa shape index (κ2) is 6.18. The van der Waals surface area contributed by atoms with Crippen molar-refractivity contribution in [3.05, 3.63) is 59.9 Å². The molecule has 1 heterocycles. The number of pyridine rings is 1. The Morgan fingerprint density at radius 1 is 1.17 bits per heavy atom. The average molecular weight is 259 g/mol. The molecule has 1 amide bonds. The number of rotatable bonds is 4. The molecule has 0 aliphatic carbocycles. The molecule has 0 saturated heterocycles. The minimum atomic E-state index is -0.275. The highest BCUT2D eigenvalue weighted by Crippen LogP contribution is 2.21. The van der Waals surface area contributed by atoms with Gasteiger partial charge in [-0.25, -0.2) is 5.84 Å². The lowest BCUT2D eigenvalue weighted by molar-refractivity contribution is 0.0953. The number of amides is 1. The Morgan fingerprint density at radius 3 is 2.44 bits per heavy atom. The summed E-state index contributed by atoms with van der Waals surface area (Å²) in [5.41, 5.74) is 3.83. The van der Waals surface area contributed by atoms with Crippen LogP contribution in [0.3, 0.4) is 0 Å². The van der Waals surface area contributed by atoms with Crippen molar-refractivity contribution in [2.24, 2.45) is 5.84 Å². The zero-order valence-electron chi connectivity index (χ0n) is 9.67. The van der Waals surface area contributed by atoms with Crippen LogP contribution < -0.4 is 11.3 Å². The fourth-order valence-electron chi connectivity index (χ4n) is 1.44. The van der Waals surface area contributed by atoms with E-state index in [4.69, 9.17) is 5.84 Å². The third-order valence-electron chi connectivity index (χ3n) is 2.40. The molecule has 0 radical (unpaired) electrons. The first kappa shape index (κ1) is 12.6. The Labute approximate surface area is 110 Å². The SMILES string of the molecule is NNC(=O)c1ccc(CSc2ccncc2)cc1. The van der Waals surface area contributed by atoms with Gasteiger partial charge in [-0.05, 0) is 29.8 Å². The lowest BCUT2D eigenvalue weighted by Crippen LogP contribution is -2.29. The van der Waals surface area contributed by atoms with E-state index in [1.807, 2.05) is 24.3 Å². The van der Waals surface area contributed by atoms with Gasteiger partial charge in [-0.15, -0.1) is 11.8 Å². The van der Waals surface area contributed by atoms with Crippen molar-refractivity contribution in [3.63, 3.8) is 0 Å². The van der Waals surface area contributed by atoms with Crippen LogP contribution in [-0.2, 0) is 5.75 Å². The molecule has 0 saturated carbocycles. The fourth-order valence-corrected chi connectivity index (χ4v) is 2.28. The number of aromatic nitrogens is 1. The van der Waals surface area contributed by atoms with Gasteiger partial charge in [0.1, 0.15) is 0 Å². The maximum atomic E-state index is 11.3. The van der Waals surface area contributed by atoms with Crippen molar-refractivity contribution in [2.45, 2.75) is 10.6 Å². The van der Waals surface area contributed by atoms with Crippen LogP contribution >= 0.6 is 11.8 Å². The largest absolute Gasteiger partial charge is 0.290 e. The second-order valence-electron chi connectivity index (χ2n) is 3.64. The van der Waals surface area contributed by atoms with Gasteiger partial charge in [-0.3, -0.25) is 15.2 Å². The van der Waals surface area contributed by atoms with E-state index in [9.17, 15) is 4.79 Å². The lowest BCUT2D eigenvalue weighted by atomic mass is 10.1. The number of thioether (sulfide) groups is 1. The number of hydrogen-bond donors (Lipinski definition) is 2. The average Bonchev–Trinajstić information content (AvgIpc) is 2.46. The maximum Gasteiger partial charge on any atom is 0.265 e. The Kier molecular flexibility index (Phi) is 4.33. The van der Waals surface area contributed by atoms with Gasteiger partial charge >= 0.3 is 0 Å². The molecule has 0 aliphatic heterocycles. The van der Waals surface area contributed by atoms with E-state index in [-0.39, 0.29) is 5.91 Å². The highest BCUT2D eigenvalue weighted by atomic mass is 32.2. The minimum Gasteiger partial charge on any atom is -0.290 e. The first-order valence-electron chi connectivity index (χ1n) is 5.42. The molecular formula is C13H13N3OS. The Morgan fingerprint density at radius 2 is 1.83 bits per heavy atom. The molecule has 5 heteroatoms. The topological polar surface area (TPSA) is 68.0 Å². The van der Waals surface area contributed by atoms with Crippen molar-refractivity contribution in [1.82, 2.24) is 10.4 Å². The fraction of sp³-hybridized carbons (Fsp3) is 0.0769. The molecular weight excluding hydrogens is 246 g/mol. The van der Waals surface area contributed by atoms with Crippen molar-refractivity contribution >= 4 is 17.7 Å². The molecule has 2 aromatic rings. The molecule has 1 aromatic heterocycles. The van der Waals surface area contributed by atoms with E-state index in [1.54, 1.807) is 36.3 Å². The summed E-state index contributed by atoms with van der Waals surface area (Å²) in [4.78, 5) is 16.4. The van der Waals surface area contributed by atoms with E-state index >= 15 is 0 Å². The molecule has 92 valence electrons. The summed E-state index contributed by atoms with van der Waals surface area (Å²) in [5, 5.41) is 0. The number of carbonyl (C=O) groups excluding carboxylic acids is 1. The van der Waals surface area contributed by atoms with Gasteiger partial charge in [0.2, 0.25) is 0 Å². The van der Waals surface area contributed by atoms with Crippen molar-refractivity contribution in [3.8, 4) is 0 Å². The number of nitrogens with two attached hydrogens (primary N) is 1. The van der Waals surface area contributed by atoms with Crippen LogP contribution in [0.5, 0.6) is 0 Å². The maximum absolute atomic E-state index is 11.3. The van der Waals surface area contributed by atoms with Gasteiger partial charge in [0.05, 0.1) is 0 Å². The number of carbonyl (C=O) groups is 1. The monoisotopic (exact) mass is 259 g/mol. The van der Waals surface area contributed by atoms with Crippen LogP contribution in [0.1, 0.15) is 15.9 Å². The summed E-state index contributed by atoms with van der Waals surface area (Å²) in [7, 11) is 0. The highest BCUT2D eigenvalue weighted by Gasteiger charge is 2.02. The predicted octanol–water partition coefficient (Wildman–Crippen LogP) is 1.98. The predicted molar refractivity (Wildman–Crippen MR) is 71.9 cm³/mol. The molecule has 0 bridgehead atoms. The van der Waals surface area contributed by atoms with E-state index in [0.717, 1.165) is 11.3 Å². The van der Waals surface area contributed by atoms with Gasteiger partial charge in [0.15, 0.2) is 0 Å². The van der Waals surface area contributed by atoms with Gasteiger partial charge < -0.3 is 0 Å². The van der Waals surface area contributed by atoms with Gasteiger partial charge in [0.25, 0.3) is 5.91 Å². The molecule has 1 aromatic carbocycles. The summed E-state index contributed by atoms with van der Waals surface area (Å²) < 4.78 is 0. The highest BCUT2D eigenvalue weighted by molar-refractivity contribution is 7.98. The summed E-state index contributed by atoms with van der Waals surface area (Å²) in [6.07, 6.45) is 3.55. The smallest absolute Gasteiger partial charge is 0.265 e. The number of hydrazine groups is 1. The summed E-state index contributed by atoms with van der Waals surface area (Å²) >= 11 is 1.73. The number of nitrogens with one attached hydrogen (secondary N) is 1. The van der Waals surface area contributed by atoms with Crippen LogP contribution in [0.25, 0.3) is 0 Å². The number of hydrogen-bond acceptors (Lipinski definition) is 4.